The predicted octanol–water partition coefficient (Wildman–Crippen LogP) is 1.42. The van der Waals surface area contributed by atoms with Crippen molar-refractivity contribution < 1.29 is 33.2 Å². The highest BCUT2D eigenvalue weighted by molar-refractivity contribution is 5.67. The lowest BCUT2D eigenvalue weighted by atomic mass is 10.2. The standard InChI is InChI=1S/C14H20O7/c1-7(15)17-10-9(8-6-16-13(2,3)19-8)18-12-11(10)20-14(4,5)21-12/h8,11-12H,6H2,1-5H3/t8?,11-,12-/m1/s1. The summed E-state index contributed by atoms with van der Waals surface area (Å²) in [7, 11) is 0. The minimum atomic E-state index is -0.793. The van der Waals surface area contributed by atoms with Gasteiger partial charge in [0.05, 0.1) is 6.61 Å². The van der Waals surface area contributed by atoms with Gasteiger partial charge in [0, 0.05) is 6.92 Å². The van der Waals surface area contributed by atoms with Crippen molar-refractivity contribution >= 4 is 5.97 Å². The Balaban J connectivity index is 1.87. The molecule has 0 saturated carbocycles. The lowest BCUT2D eigenvalue weighted by molar-refractivity contribution is -0.190. The van der Waals surface area contributed by atoms with Gasteiger partial charge in [-0.2, -0.15) is 0 Å². The zero-order valence-electron chi connectivity index (χ0n) is 12.8. The second kappa shape index (κ2) is 4.67. The van der Waals surface area contributed by atoms with E-state index in [0.29, 0.717) is 18.1 Å². The first kappa shape index (κ1) is 14.8. The van der Waals surface area contributed by atoms with Crippen molar-refractivity contribution in [2.75, 3.05) is 6.61 Å². The molecule has 0 aromatic rings. The summed E-state index contributed by atoms with van der Waals surface area (Å²) in [6.07, 6.45) is -1.67. The van der Waals surface area contributed by atoms with Crippen LogP contribution in [-0.2, 0) is 33.2 Å². The van der Waals surface area contributed by atoms with Crippen molar-refractivity contribution in [3.05, 3.63) is 11.5 Å². The average molecular weight is 300 g/mol. The molecule has 0 spiro atoms. The third-order valence-corrected chi connectivity index (χ3v) is 3.36. The third-order valence-electron chi connectivity index (χ3n) is 3.36. The molecule has 7 heteroatoms. The van der Waals surface area contributed by atoms with E-state index in [9.17, 15) is 4.79 Å². The number of hydrogen-bond donors (Lipinski definition) is 0. The molecule has 2 saturated heterocycles. The van der Waals surface area contributed by atoms with Gasteiger partial charge < -0.3 is 28.4 Å². The number of esters is 1. The van der Waals surface area contributed by atoms with Crippen molar-refractivity contribution in [3.8, 4) is 0 Å². The molecule has 3 rings (SSSR count). The molecule has 3 aliphatic rings. The second-order valence-electron chi connectivity index (χ2n) is 6.18. The molecule has 0 radical (unpaired) electrons. The van der Waals surface area contributed by atoms with Crippen LogP contribution in [-0.4, -0.2) is 42.6 Å². The highest BCUT2D eigenvalue weighted by Gasteiger charge is 2.54. The maximum atomic E-state index is 11.4. The number of ether oxygens (including phenoxy) is 6. The Labute approximate surface area is 123 Å². The van der Waals surface area contributed by atoms with Gasteiger partial charge in [-0.15, -0.1) is 0 Å². The van der Waals surface area contributed by atoms with Crippen LogP contribution in [0.3, 0.4) is 0 Å². The van der Waals surface area contributed by atoms with Crippen LogP contribution in [0.25, 0.3) is 0 Å². The van der Waals surface area contributed by atoms with Crippen LogP contribution in [0.4, 0.5) is 0 Å². The van der Waals surface area contributed by atoms with E-state index in [0.717, 1.165) is 0 Å². The molecule has 0 aromatic carbocycles. The number of carbonyl (C=O) groups is 1. The number of hydrogen-bond acceptors (Lipinski definition) is 7. The normalized spacial score (nSPS) is 36.5. The van der Waals surface area contributed by atoms with Crippen LogP contribution in [0.2, 0.25) is 0 Å². The van der Waals surface area contributed by atoms with E-state index < -0.39 is 36.0 Å². The molecule has 118 valence electrons. The largest absolute Gasteiger partial charge is 0.459 e. The maximum absolute atomic E-state index is 11.4. The Morgan fingerprint density at radius 2 is 1.86 bits per heavy atom. The lowest BCUT2D eigenvalue weighted by Gasteiger charge is -2.21. The molecule has 0 aromatic heterocycles. The van der Waals surface area contributed by atoms with Crippen molar-refractivity contribution in [2.45, 2.75) is 64.7 Å². The topological polar surface area (TPSA) is 72.5 Å². The summed E-state index contributed by atoms with van der Waals surface area (Å²) in [6.45, 7) is 8.82. The third kappa shape index (κ3) is 2.78. The van der Waals surface area contributed by atoms with E-state index in [1.165, 1.54) is 6.92 Å². The van der Waals surface area contributed by atoms with E-state index in [1.807, 2.05) is 13.8 Å². The first-order valence-electron chi connectivity index (χ1n) is 6.93. The molecule has 1 unspecified atom stereocenters. The fourth-order valence-corrected chi connectivity index (χ4v) is 2.63. The molecule has 2 fully saturated rings. The van der Waals surface area contributed by atoms with Gasteiger partial charge in [-0.05, 0) is 27.7 Å². The van der Waals surface area contributed by atoms with Gasteiger partial charge in [0.15, 0.2) is 29.2 Å². The fraction of sp³-hybridized carbons (Fsp3) is 0.786. The smallest absolute Gasteiger partial charge is 0.307 e. The minimum Gasteiger partial charge on any atom is -0.459 e. The van der Waals surface area contributed by atoms with Crippen LogP contribution in [0, 0.1) is 0 Å². The zero-order valence-corrected chi connectivity index (χ0v) is 12.8. The molecule has 0 aliphatic carbocycles. The summed E-state index contributed by atoms with van der Waals surface area (Å²) in [5.41, 5.74) is 0. The molecular weight excluding hydrogens is 280 g/mol. The summed E-state index contributed by atoms with van der Waals surface area (Å²) in [6, 6.07) is 0. The summed E-state index contributed by atoms with van der Waals surface area (Å²) in [5.74, 6) is -1.23. The Hall–Kier alpha value is -1.15. The quantitative estimate of drug-likeness (QED) is 0.714. The predicted molar refractivity (Wildman–Crippen MR) is 68.6 cm³/mol. The van der Waals surface area contributed by atoms with E-state index in [1.54, 1.807) is 13.8 Å². The highest BCUT2D eigenvalue weighted by Crippen LogP contribution is 2.43. The monoisotopic (exact) mass is 300 g/mol. The molecule has 0 N–H and O–H groups in total. The van der Waals surface area contributed by atoms with Gasteiger partial charge >= 0.3 is 5.97 Å². The summed E-state index contributed by atoms with van der Waals surface area (Å²) >= 11 is 0. The lowest BCUT2D eigenvalue weighted by Crippen LogP contribution is -2.26. The Morgan fingerprint density at radius 1 is 1.14 bits per heavy atom. The Bertz CT molecular complexity index is 494. The van der Waals surface area contributed by atoms with Gasteiger partial charge in [-0.25, -0.2) is 0 Å². The van der Waals surface area contributed by atoms with Gasteiger partial charge in [0.25, 0.3) is 0 Å². The van der Waals surface area contributed by atoms with Crippen LogP contribution in [0.5, 0.6) is 0 Å². The van der Waals surface area contributed by atoms with Gasteiger partial charge in [0.1, 0.15) is 6.10 Å². The minimum absolute atomic E-state index is 0.310. The molecular formula is C14H20O7. The van der Waals surface area contributed by atoms with Gasteiger partial charge in [-0.3, -0.25) is 4.79 Å². The average Bonchev–Trinajstić information content (AvgIpc) is 2.90. The first-order chi connectivity index (χ1) is 9.67. The molecule has 0 bridgehead atoms. The first-order valence-corrected chi connectivity index (χ1v) is 6.93. The van der Waals surface area contributed by atoms with Crippen LogP contribution < -0.4 is 0 Å². The maximum Gasteiger partial charge on any atom is 0.307 e. The van der Waals surface area contributed by atoms with E-state index in [4.69, 9.17) is 28.4 Å². The molecule has 21 heavy (non-hydrogen) atoms. The summed E-state index contributed by atoms with van der Waals surface area (Å²) in [5, 5.41) is 0. The van der Waals surface area contributed by atoms with Crippen molar-refractivity contribution in [3.63, 3.8) is 0 Å². The molecule has 3 aliphatic heterocycles. The number of carbonyl (C=O) groups excluding carboxylic acids is 1. The van der Waals surface area contributed by atoms with Gasteiger partial charge in [-0.1, -0.05) is 0 Å². The molecule has 7 nitrogen and oxygen atoms in total. The van der Waals surface area contributed by atoms with Crippen molar-refractivity contribution in [1.82, 2.24) is 0 Å². The fourth-order valence-electron chi connectivity index (χ4n) is 2.63. The van der Waals surface area contributed by atoms with Crippen molar-refractivity contribution in [1.29, 1.82) is 0 Å². The summed E-state index contributed by atoms with van der Waals surface area (Å²) in [4.78, 5) is 11.4. The van der Waals surface area contributed by atoms with E-state index in [-0.39, 0.29) is 0 Å². The van der Waals surface area contributed by atoms with E-state index in [2.05, 4.69) is 0 Å². The van der Waals surface area contributed by atoms with E-state index >= 15 is 0 Å². The Kier molecular flexibility index (Phi) is 3.29. The van der Waals surface area contributed by atoms with Crippen LogP contribution >= 0.6 is 0 Å². The summed E-state index contributed by atoms with van der Waals surface area (Å²) < 4.78 is 33.7. The Morgan fingerprint density at radius 3 is 2.43 bits per heavy atom. The second-order valence-corrected chi connectivity index (χ2v) is 6.18. The van der Waals surface area contributed by atoms with Crippen LogP contribution in [0.15, 0.2) is 11.5 Å². The van der Waals surface area contributed by atoms with Crippen LogP contribution in [0.1, 0.15) is 34.6 Å². The molecule has 0 amide bonds. The molecule has 3 heterocycles. The zero-order chi connectivity index (χ0) is 15.4. The SMILES string of the molecule is CC(=O)OC1=C(C2COC(C)(C)O2)O[C@@H]2OC(C)(C)O[C@H]12. The number of fused-ring (bicyclic) bond motifs is 1. The number of rotatable bonds is 2. The molecule has 3 atom stereocenters. The highest BCUT2D eigenvalue weighted by atomic mass is 16.8. The van der Waals surface area contributed by atoms with Gasteiger partial charge in [0.2, 0.25) is 6.29 Å². The van der Waals surface area contributed by atoms with Crippen molar-refractivity contribution in [2.24, 2.45) is 0 Å².